The number of nitrogens with zero attached hydrogens (tertiary/aromatic N) is 1. The highest BCUT2D eigenvalue weighted by Gasteiger charge is 2.49. The first-order valence-corrected chi connectivity index (χ1v) is 9.25. The van der Waals surface area contributed by atoms with Crippen LogP contribution in [0.5, 0.6) is 0 Å². The van der Waals surface area contributed by atoms with Crippen molar-refractivity contribution in [2.75, 3.05) is 23.4 Å². The quantitative estimate of drug-likeness (QED) is 0.849. The Morgan fingerprint density at radius 1 is 1.30 bits per heavy atom. The van der Waals surface area contributed by atoms with Gasteiger partial charge in [-0.15, -0.1) is 0 Å². The zero-order valence-electron chi connectivity index (χ0n) is 15.3. The number of nitrogens with one attached hydrogen (secondary N) is 1. The molecule has 2 atom stereocenters. The molecule has 0 spiro atoms. The molecule has 0 radical (unpaired) electrons. The van der Waals surface area contributed by atoms with Crippen LogP contribution in [-0.4, -0.2) is 30.7 Å². The topological polar surface area (TPSA) is 84.7 Å². The summed E-state index contributed by atoms with van der Waals surface area (Å²) in [5.74, 6) is 0.189. The summed E-state index contributed by atoms with van der Waals surface area (Å²) in [6.45, 7) is 2.97. The van der Waals surface area contributed by atoms with E-state index in [-0.39, 0.29) is 17.5 Å². The van der Waals surface area contributed by atoms with Crippen molar-refractivity contribution in [2.24, 2.45) is 5.73 Å². The smallest absolute Gasteiger partial charge is 0.414 e. The fraction of sp³-hybridized carbons (Fsp3) is 0.333. The Kier molecular flexibility index (Phi) is 4.36. The summed E-state index contributed by atoms with van der Waals surface area (Å²) in [6.07, 6.45) is 1.60. The summed E-state index contributed by atoms with van der Waals surface area (Å²) in [6, 6.07) is 14.8. The van der Waals surface area contributed by atoms with Gasteiger partial charge in [0.25, 0.3) is 5.91 Å². The van der Waals surface area contributed by atoms with Gasteiger partial charge in [0.1, 0.15) is 6.61 Å². The number of ether oxygens (including phenoxy) is 1. The molecule has 2 amide bonds. The molecule has 2 aromatic rings. The van der Waals surface area contributed by atoms with Crippen molar-refractivity contribution < 1.29 is 14.3 Å². The number of nitrogens with two attached hydrogens (primary N) is 1. The Labute approximate surface area is 158 Å². The Morgan fingerprint density at radius 2 is 2.07 bits per heavy atom. The molecule has 0 aromatic heterocycles. The number of carbonyl (C=O) groups is 2. The minimum atomic E-state index is -0.383. The largest absolute Gasteiger partial charge is 0.447 e. The Bertz CT molecular complexity index is 880. The summed E-state index contributed by atoms with van der Waals surface area (Å²) in [4.78, 5) is 25.8. The van der Waals surface area contributed by atoms with Crippen LogP contribution in [0.25, 0.3) is 0 Å². The number of rotatable bonds is 5. The molecule has 3 N–H and O–H groups in total. The first kappa shape index (κ1) is 17.5. The van der Waals surface area contributed by atoms with Crippen LogP contribution in [0.3, 0.4) is 0 Å². The van der Waals surface area contributed by atoms with Crippen molar-refractivity contribution in [3.8, 4) is 0 Å². The molecule has 0 bridgehead atoms. The van der Waals surface area contributed by atoms with Crippen molar-refractivity contribution in [2.45, 2.75) is 31.2 Å². The number of carbonyl (C=O) groups excluding carboxylic acids is 2. The molecule has 2 aromatic carbocycles. The molecule has 6 heteroatoms. The van der Waals surface area contributed by atoms with Gasteiger partial charge in [-0.3, -0.25) is 9.69 Å². The van der Waals surface area contributed by atoms with E-state index in [1.807, 2.05) is 24.3 Å². The minimum Gasteiger partial charge on any atom is -0.447 e. The van der Waals surface area contributed by atoms with Gasteiger partial charge in [0, 0.05) is 28.4 Å². The van der Waals surface area contributed by atoms with E-state index in [1.165, 1.54) is 10.5 Å². The fourth-order valence-corrected chi connectivity index (χ4v) is 3.61. The van der Waals surface area contributed by atoms with E-state index >= 15 is 0 Å². The SMILES string of the molecule is CCC1(N)CC1c1ccc(NC(=O)c2cccc(N3CCOC3=O)c2)cc1. The average Bonchev–Trinajstić information content (AvgIpc) is 3.19. The van der Waals surface area contributed by atoms with Gasteiger partial charge in [-0.05, 0) is 48.7 Å². The minimum absolute atomic E-state index is 0.0675. The zero-order valence-corrected chi connectivity index (χ0v) is 15.3. The first-order chi connectivity index (χ1) is 13.0. The molecule has 1 heterocycles. The summed E-state index contributed by atoms with van der Waals surface area (Å²) >= 11 is 0. The Hall–Kier alpha value is -2.86. The number of benzene rings is 2. The van der Waals surface area contributed by atoms with Crippen LogP contribution in [-0.2, 0) is 4.74 Å². The van der Waals surface area contributed by atoms with E-state index in [2.05, 4.69) is 12.2 Å². The van der Waals surface area contributed by atoms with Crippen LogP contribution in [0.15, 0.2) is 48.5 Å². The number of hydrogen-bond donors (Lipinski definition) is 2. The lowest BCUT2D eigenvalue weighted by Crippen LogP contribution is -2.23. The standard InChI is InChI=1S/C21H23N3O3/c1-2-21(22)13-18(21)14-6-8-16(9-7-14)23-19(25)15-4-3-5-17(12-15)24-10-11-27-20(24)26/h3-9,12,18H,2,10-11,13,22H2,1H3,(H,23,25). The van der Waals surface area contributed by atoms with Crippen LogP contribution in [0, 0.1) is 0 Å². The molecule has 140 valence electrons. The van der Waals surface area contributed by atoms with Gasteiger partial charge in [0.15, 0.2) is 0 Å². The number of cyclic esters (lactones) is 1. The summed E-state index contributed by atoms with van der Waals surface area (Å²) in [5.41, 5.74) is 9.32. The fourth-order valence-electron chi connectivity index (χ4n) is 3.61. The molecule has 4 rings (SSSR count). The summed E-state index contributed by atoms with van der Waals surface area (Å²) in [7, 11) is 0. The summed E-state index contributed by atoms with van der Waals surface area (Å²) in [5, 5.41) is 2.90. The zero-order chi connectivity index (χ0) is 19.0. The molecule has 1 aliphatic carbocycles. The van der Waals surface area contributed by atoms with Gasteiger partial charge < -0.3 is 15.8 Å². The van der Waals surface area contributed by atoms with Crippen LogP contribution in [0.2, 0.25) is 0 Å². The first-order valence-electron chi connectivity index (χ1n) is 9.25. The van der Waals surface area contributed by atoms with E-state index in [4.69, 9.17) is 10.5 Å². The lowest BCUT2D eigenvalue weighted by Gasteiger charge is -2.14. The molecule has 1 saturated carbocycles. The third kappa shape index (κ3) is 3.40. The van der Waals surface area contributed by atoms with Crippen molar-refractivity contribution in [3.63, 3.8) is 0 Å². The van der Waals surface area contributed by atoms with E-state index in [0.29, 0.717) is 30.3 Å². The van der Waals surface area contributed by atoms with Crippen LogP contribution < -0.4 is 16.0 Å². The molecular weight excluding hydrogens is 342 g/mol. The van der Waals surface area contributed by atoms with E-state index in [9.17, 15) is 9.59 Å². The number of amides is 2. The van der Waals surface area contributed by atoms with Gasteiger partial charge >= 0.3 is 6.09 Å². The van der Waals surface area contributed by atoms with Crippen LogP contribution in [0.1, 0.15) is 41.6 Å². The average molecular weight is 365 g/mol. The second-order valence-corrected chi connectivity index (χ2v) is 7.24. The molecular formula is C21H23N3O3. The van der Waals surface area contributed by atoms with Gasteiger partial charge in [0.2, 0.25) is 0 Å². The highest BCUT2D eigenvalue weighted by molar-refractivity contribution is 6.05. The predicted octanol–water partition coefficient (Wildman–Crippen LogP) is 3.49. The molecule has 1 saturated heterocycles. The summed E-state index contributed by atoms with van der Waals surface area (Å²) < 4.78 is 4.95. The second-order valence-electron chi connectivity index (χ2n) is 7.24. The molecule has 1 aliphatic heterocycles. The monoisotopic (exact) mass is 365 g/mol. The van der Waals surface area contributed by atoms with E-state index in [0.717, 1.165) is 18.5 Å². The molecule has 6 nitrogen and oxygen atoms in total. The van der Waals surface area contributed by atoms with Crippen LogP contribution in [0.4, 0.5) is 16.2 Å². The third-order valence-electron chi connectivity index (χ3n) is 5.53. The molecule has 2 aliphatic rings. The number of anilines is 2. The van der Waals surface area contributed by atoms with Gasteiger partial charge in [0.05, 0.1) is 6.54 Å². The van der Waals surface area contributed by atoms with Crippen molar-refractivity contribution in [3.05, 3.63) is 59.7 Å². The van der Waals surface area contributed by atoms with Gasteiger partial charge in [-0.2, -0.15) is 0 Å². The maximum Gasteiger partial charge on any atom is 0.414 e. The lowest BCUT2D eigenvalue weighted by molar-refractivity contribution is 0.102. The van der Waals surface area contributed by atoms with Crippen LogP contribution >= 0.6 is 0 Å². The third-order valence-corrected chi connectivity index (χ3v) is 5.53. The maximum atomic E-state index is 12.6. The van der Waals surface area contributed by atoms with Crippen molar-refractivity contribution in [1.29, 1.82) is 0 Å². The molecule has 2 fully saturated rings. The van der Waals surface area contributed by atoms with Gasteiger partial charge in [-0.25, -0.2) is 4.79 Å². The second kappa shape index (κ2) is 6.70. The maximum absolute atomic E-state index is 12.6. The van der Waals surface area contributed by atoms with E-state index in [1.54, 1.807) is 24.3 Å². The van der Waals surface area contributed by atoms with Gasteiger partial charge in [-0.1, -0.05) is 25.1 Å². The molecule has 27 heavy (non-hydrogen) atoms. The lowest BCUT2D eigenvalue weighted by atomic mass is 10.0. The normalized spacial score (nSPS) is 23.9. The molecule has 2 unspecified atom stereocenters. The highest BCUT2D eigenvalue weighted by Crippen LogP contribution is 2.51. The highest BCUT2D eigenvalue weighted by atomic mass is 16.6. The number of hydrogen-bond acceptors (Lipinski definition) is 4. The van der Waals surface area contributed by atoms with Crippen molar-refractivity contribution in [1.82, 2.24) is 0 Å². The predicted molar refractivity (Wildman–Crippen MR) is 104 cm³/mol. The Morgan fingerprint density at radius 3 is 2.70 bits per heavy atom. The van der Waals surface area contributed by atoms with Crippen molar-refractivity contribution >= 4 is 23.4 Å². The Balaban J connectivity index is 1.44. The van der Waals surface area contributed by atoms with E-state index < -0.39 is 0 Å².